The molecule has 1 aliphatic carbocycles. The second-order valence-electron chi connectivity index (χ2n) is 9.83. The van der Waals surface area contributed by atoms with Crippen LogP contribution in [0.2, 0.25) is 0 Å². The Bertz CT molecular complexity index is 1610. The number of carboxylic acids is 2. The van der Waals surface area contributed by atoms with Crippen molar-refractivity contribution in [3.8, 4) is 0 Å². The molecule has 0 aliphatic heterocycles. The van der Waals surface area contributed by atoms with Crippen LogP contribution in [0.5, 0.6) is 0 Å². The molecule has 0 radical (unpaired) electrons. The second kappa shape index (κ2) is 31.3. The fourth-order valence-electron chi connectivity index (χ4n) is 4.40. The number of carboxylic acid groups (broad SMARTS) is 2. The number of aromatic nitrogens is 8. The maximum absolute atomic E-state index is 10.9. The molecule has 0 unspecified atom stereocenters. The van der Waals surface area contributed by atoms with Gasteiger partial charge in [-0.3, -0.25) is 19.2 Å². The number of carbonyl (C=O) groups is 4. The summed E-state index contributed by atoms with van der Waals surface area (Å²) in [7, 11) is 15.8. The molecule has 0 fully saturated rings. The fraction of sp³-hybridized carbons (Fsp3) is 0.286. The topological polar surface area (TPSA) is 415 Å². The number of imidazole rings is 4. The van der Waals surface area contributed by atoms with Crippen molar-refractivity contribution >= 4 is 66.9 Å². The van der Waals surface area contributed by atoms with E-state index >= 15 is 0 Å². The summed E-state index contributed by atoms with van der Waals surface area (Å²) in [6.07, 6.45) is 13.8. The Hall–Kier alpha value is -3.84. The summed E-state index contributed by atoms with van der Waals surface area (Å²) in [6, 6.07) is 0. The van der Waals surface area contributed by atoms with E-state index in [1.54, 1.807) is 49.6 Å². The summed E-state index contributed by atoms with van der Waals surface area (Å²) < 4.78 is 7.29. The summed E-state index contributed by atoms with van der Waals surface area (Å²) in [6.45, 7) is 0. The number of aliphatic carboxylic acids is 2. The standard InChI is InChI=1S/2C11H14N4O2.C6H2Cl2O4.2ClH.2Cu.6H2O/c2*1-14-5-3-12-10(14)8(7-9(16)17)11-13-4-6-15(11)2;7-1-3(9)5(11)2(8)6(12)4(1)10;;;;;;;;;;/h2*3-6,8H,7H2,1-2H3,(H,16,17);9,12H;2*1H;;;6*1H2/q;;;;;2*+2;;;;;;/p-4. The summed E-state index contributed by atoms with van der Waals surface area (Å²) >= 11 is 17.5. The van der Waals surface area contributed by atoms with Gasteiger partial charge in [-0.25, -0.2) is 19.9 Å². The van der Waals surface area contributed by atoms with E-state index in [1.165, 1.54) is 0 Å². The molecule has 0 aromatic carbocycles. The molecule has 0 saturated carbocycles. The van der Waals surface area contributed by atoms with Crippen LogP contribution in [-0.2, 0) is 77.6 Å². The van der Waals surface area contributed by atoms with Crippen molar-refractivity contribution in [1.29, 1.82) is 0 Å². The summed E-state index contributed by atoms with van der Waals surface area (Å²) in [5.74, 6) is -4.45. The van der Waals surface area contributed by atoms with E-state index in [9.17, 15) is 29.4 Å². The predicted octanol–water partition coefficient (Wildman–Crippen LogP) is -3.29. The summed E-state index contributed by atoms with van der Waals surface area (Å²) in [5.41, 5.74) is 0. The van der Waals surface area contributed by atoms with Crippen LogP contribution in [0, 0.1) is 0 Å². The van der Waals surface area contributed by atoms with Crippen LogP contribution in [0.4, 0.5) is 0 Å². The molecule has 4 heterocycles. The average Bonchev–Trinajstić information content (AvgIpc) is 3.92. The van der Waals surface area contributed by atoms with Gasteiger partial charge in [-0.1, -0.05) is 23.2 Å². The molecular formula is C28H40Cl4Cu2N8O14. The maximum atomic E-state index is 10.9. The molecule has 0 bridgehead atoms. The van der Waals surface area contributed by atoms with E-state index in [-0.39, 0.29) is 57.5 Å². The van der Waals surface area contributed by atoms with Gasteiger partial charge < -0.3 is 71.6 Å². The third-order valence-electron chi connectivity index (χ3n) is 6.65. The first-order valence-electron chi connectivity index (χ1n) is 13.4. The number of rotatable bonds is 8. The molecule has 28 heteroatoms. The Morgan fingerprint density at radius 2 is 0.768 bits per heavy atom. The Morgan fingerprint density at radius 3 is 0.911 bits per heavy atom. The van der Waals surface area contributed by atoms with Gasteiger partial charge in [0.1, 0.15) is 23.3 Å². The monoisotopic (exact) mass is 978 g/mol. The Kier molecular flexibility index (Phi) is 35.8. The molecule has 4 aromatic rings. The first-order valence-corrected chi connectivity index (χ1v) is 16.8. The zero-order chi connectivity index (χ0) is 38.3. The first-order chi connectivity index (χ1) is 23.6. The fourth-order valence-corrected chi connectivity index (χ4v) is 4.75. The third kappa shape index (κ3) is 17.1. The van der Waals surface area contributed by atoms with E-state index in [2.05, 4.69) is 70.3 Å². The second-order valence-corrected chi connectivity index (χ2v) is 10.6. The number of nitrogens with zero attached hydrogens (tertiary/aromatic N) is 8. The number of hydrogen-bond donors (Lipinski definition) is 2. The Balaban J connectivity index is -0.000000154. The van der Waals surface area contributed by atoms with Gasteiger partial charge >= 0.3 is 62.3 Å². The molecule has 22 nitrogen and oxygen atoms in total. The van der Waals surface area contributed by atoms with Crippen LogP contribution < -0.4 is 10.2 Å². The SMILES string of the molecule is Cn1ccnc1C(CC(=O)O)c1nccn1C.Cn1ccnc1C(CC(=O)O)c1nccn1C.O.O.O.O.O.O.O=C1C([O-])=C(Cl)C(=O)C([O-])=C1Cl.[Cl][Cu+].[Cl][Cu+]. The van der Waals surface area contributed by atoms with Crippen molar-refractivity contribution in [2.75, 3.05) is 0 Å². The summed E-state index contributed by atoms with van der Waals surface area (Å²) in [5, 5.41) is 37.6. The molecule has 0 atom stereocenters. The Labute approximate surface area is 353 Å². The van der Waals surface area contributed by atoms with Crippen LogP contribution in [0.15, 0.2) is 71.2 Å². The van der Waals surface area contributed by atoms with Crippen LogP contribution in [0.1, 0.15) is 48.0 Å². The normalized spacial score (nSPS) is 11.0. The van der Waals surface area contributed by atoms with Gasteiger partial charge in [-0.05, 0) is 11.5 Å². The quantitative estimate of drug-likeness (QED) is 0.130. The van der Waals surface area contributed by atoms with Crippen LogP contribution in [0.25, 0.3) is 0 Å². The third-order valence-corrected chi connectivity index (χ3v) is 7.33. The number of aryl methyl sites for hydroxylation is 4. The molecule has 5 rings (SSSR count). The van der Waals surface area contributed by atoms with E-state index in [0.717, 1.165) is 0 Å². The van der Waals surface area contributed by atoms with Crippen LogP contribution in [0.3, 0.4) is 0 Å². The number of hydrogen-bond acceptors (Lipinski definition) is 10. The van der Waals surface area contributed by atoms with Crippen molar-refractivity contribution in [2.45, 2.75) is 24.7 Å². The molecular weight excluding hydrogens is 941 g/mol. The van der Waals surface area contributed by atoms with Crippen molar-refractivity contribution in [3.05, 3.63) is 94.5 Å². The van der Waals surface area contributed by atoms with Crippen molar-refractivity contribution < 1.29 is 103 Å². The zero-order valence-electron chi connectivity index (χ0n) is 29.2. The van der Waals surface area contributed by atoms with Crippen molar-refractivity contribution in [3.63, 3.8) is 0 Å². The first kappa shape index (κ1) is 64.1. The number of allylic oxidation sites excluding steroid dienone is 2. The molecule has 56 heavy (non-hydrogen) atoms. The van der Waals surface area contributed by atoms with Gasteiger partial charge in [0.25, 0.3) is 0 Å². The average molecular weight is 982 g/mol. The molecule has 0 spiro atoms. The Morgan fingerprint density at radius 1 is 0.571 bits per heavy atom. The van der Waals surface area contributed by atoms with Gasteiger partial charge in [0.05, 0.1) is 34.7 Å². The number of carbonyl (C=O) groups excluding carboxylic acids is 2. The number of Topliss-reactive ketones (excluding diaryl/α,β-unsaturated/α-hetero) is 2. The van der Waals surface area contributed by atoms with E-state index in [1.807, 2.05) is 46.5 Å². The minimum atomic E-state index is -1.23. The van der Waals surface area contributed by atoms with Gasteiger partial charge in [0, 0.05) is 77.8 Å². The predicted molar refractivity (Wildman–Crippen MR) is 190 cm³/mol. The van der Waals surface area contributed by atoms with Crippen molar-refractivity contribution in [2.24, 2.45) is 28.2 Å². The molecule has 4 aromatic heterocycles. The zero-order valence-corrected chi connectivity index (χ0v) is 34.1. The molecule has 1 aliphatic rings. The van der Waals surface area contributed by atoms with Crippen molar-refractivity contribution in [1.82, 2.24) is 38.2 Å². The van der Waals surface area contributed by atoms with Crippen LogP contribution in [-0.4, -0.2) is 105 Å². The molecule has 326 valence electrons. The molecule has 0 amide bonds. The van der Waals surface area contributed by atoms with Crippen LogP contribution >= 0.6 is 43.4 Å². The van der Waals surface area contributed by atoms with Gasteiger partial charge in [0.2, 0.25) is 0 Å². The van der Waals surface area contributed by atoms with Gasteiger partial charge in [0.15, 0.2) is 11.6 Å². The van der Waals surface area contributed by atoms with Gasteiger partial charge in [-0.2, -0.15) is 0 Å². The molecule has 14 N–H and O–H groups in total. The van der Waals surface area contributed by atoms with Gasteiger partial charge in [-0.15, -0.1) is 0 Å². The van der Waals surface area contributed by atoms with E-state index < -0.39 is 45.1 Å². The molecule has 0 saturated heterocycles. The van der Waals surface area contributed by atoms with E-state index in [4.69, 9.17) is 33.4 Å². The number of halogens is 4. The minimum absolute atomic E-state index is 0. The number of ketones is 2. The van der Waals surface area contributed by atoms with E-state index in [0.29, 0.717) is 23.3 Å². The summed E-state index contributed by atoms with van der Waals surface area (Å²) in [4.78, 5) is 60.1.